The van der Waals surface area contributed by atoms with Gasteiger partial charge in [-0.1, -0.05) is 11.6 Å². The van der Waals surface area contributed by atoms with Crippen molar-refractivity contribution in [2.75, 3.05) is 0 Å². The molecule has 2 rings (SSSR count). The molecule has 108 valence electrons. The Bertz CT molecular complexity index is 563. The zero-order valence-corrected chi connectivity index (χ0v) is 12.3. The molecular formula is C12H14BClFNO4. The second-order valence-corrected chi connectivity index (χ2v) is 6.08. The van der Waals surface area contributed by atoms with Crippen molar-refractivity contribution >= 4 is 29.9 Å². The van der Waals surface area contributed by atoms with E-state index in [1.165, 1.54) is 0 Å². The molecule has 0 bridgehead atoms. The molecule has 1 aromatic rings. The highest BCUT2D eigenvalue weighted by molar-refractivity contribution is 6.63. The van der Waals surface area contributed by atoms with Crippen molar-refractivity contribution in [2.24, 2.45) is 0 Å². The van der Waals surface area contributed by atoms with E-state index in [4.69, 9.17) is 20.9 Å². The number of benzene rings is 1. The molecule has 1 heterocycles. The van der Waals surface area contributed by atoms with E-state index in [9.17, 15) is 14.5 Å². The van der Waals surface area contributed by atoms with Gasteiger partial charge < -0.3 is 9.31 Å². The van der Waals surface area contributed by atoms with Crippen molar-refractivity contribution in [3.8, 4) is 0 Å². The van der Waals surface area contributed by atoms with Gasteiger partial charge in [-0.3, -0.25) is 10.1 Å². The molecule has 0 unspecified atom stereocenters. The number of hydrogen-bond donors (Lipinski definition) is 0. The normalized spacial score (nSPS) is 20.2. The number of hydrogen-bond acceptors (Lipinski definition) is 4. The summed E-state index contributed by atoms with van der Waals surface area (Å²) in [7, 11) is -1.01. The van der Waals surface area contributed by atoms with Gasteiger partial charge in [0.2, 0.25) is 0 Å². The number of rotatable bonds is 2. The Morgan fingerprint density at radius 2 is 1.75 bits per heavy atom. The molecule has 0 saturated carbocycles. The maximum atomic E-state index is 13.6. The molecule has 0 atom stereocenters. The summed E-state index contributed by atoms with van der Waals surface area (Å²) in [6, 6.07) is 1.96. The molecule has 1 aliphatic rings. The number of nitro groups is 1. The highest BCUT2D eigenvalue weighted by Gasteiger charge is 2.53. The number of nitrogens with zero attached hydrogens (tertiary/aromatic N) is 1. The Hall–Kier alpha value is -1.18. The van der Waals surface area contributed by atoms with Gasteiger partial charge in [0.25, 0.3) is 5.69 Å². The molecule has 0 N–H and O–H groups in total. The van der Waals surface area contributed by atoms with Gasteiger partial charge in [0.05, 0.1) is 26.6 Å². The average molecular weight is 302 g/mol. The van der Waals surface area contributed by atoms with Crippen LogP contribution in [0.15, 0.2) is 12.1 Å². The summed E-state index contributed by atoms with van der Waals surface area (Å²) in [5.41, 5.74) is -1.63. The number of halogens is 2. The first-order chi connectivity index (χ1) is 9.05. The van der Waals surface area contributed by atoms with Crippen molar-refractivity contribution in [3.05, 3.63) is 33.1 Å². The Labute approximate surface area is 121 Å². The molecule has 20 heavy (non-hydrogen) atoms. The van der Waals surface area contributed by atoms with E-state index in [1.807, 2.05) is 27.7 Å². The minimum atomic E-state index is -1.01. The van der Waals surface area contributed by atoms with E-state index in [0.717, 1.165) is 12.1 Å². The van der Waals surface area contributed by atoms with Crippen LogP contribution >= 0.6 is 11.6 Å². The highest BCUT2D eigenvalue weighted by Crippen LogP contribution is 2.37. The minimum Gasteiger partial charge on any atom is -0.399 e. The lowest BCUT2D eigenvalue weighted by Crippen LogP contribution is -2.41. The third-order valence-electron chi connectivity index (χ3n) is 3.77. The summed E-state index contributed by atoms with van der Waals surface area (Å²) in [4.78, 5) is 10.4. The fourth-order valence-electron chi connectivity index (χ4n) is 1.87. The Balaban J connectivity index is 2.49. The second-order valence-electron chi connectivity index (χ2n) is 5.67. The van der Waals surface area contributed by atoms with E-state index in [0.29, 0.717) is 0 Å². The molecule has 0 aromatic heterocycles. The van der Waals surface area contributed by atoms with Crippen LogP contribution in [0.4, 0.5) is 10.1 Å². The van der Waals surface area contributed by atoms with Crippen LogP contribution in [0.3, 0.4) is 0 Å². The molecule has 0 amide bonds. The van der Waals surface area contributed by atoms with Gasteiger partial charge in [0, 0.05) is 6.07 Å². The molecule has 1 fully saturated rings. The molecule has 5 nitrogen and oxygen atoms in total. The third kappa shape index (κ3) is 2.41. The lowest BCUT2D eigenvalue weighted by molar-refractivity contribution is -0.383. The van der Waals surface area contributed by atoms with E-state index in [1.54, 1.807) is 0 Å². The van der Waals surface area contributed by atoms with Gasteiger partial charge in [-0.15, -0.1) is 0 Å². The second kappa shape index (κ2) is 4.68. The zero-order valence-electron chi connectivity index (χ0n) is 11.6. The van der Waals surface area contributed by atoms with Crippen LogP contribution in [-0.2, 0) is 9.31 Å². The Morgan fingerprint density at radius 1 is 1.25 bits per heavy atom. The van der Waals surface area contributed by atoms with Crippen molar-refractivity contribution in [1.82, 2.24) is 0 Å². The van der Waals surface area contributed by atoms with Gasteiger partial charge in [-0.25, -0.2) is 4.39 Å². The first-order valence-electron chi connectivity index (χ1n) is 6.04. The van der Waals surface area contributed by atoms with Crippen LogP contribution in [0.5, 0.6) is 0 Å². The SMILES string of the molecule is CC1(C)OB(c2cc(F)c(Cl)cc2[N+](=O)[O-])OC1(C)C. The number of nitro benzene ring substituents is 1. The third-order valence-corrected chi connectivity index (χ3v) is 4.06. The monoisotopic (exact) mass is 301 g/mol. The molecule has 8 heteroatoms. The smallest absolute Gasteiger partial charge is 0.399 e. The van der Waals surface area contributed by atoms with Crippen LogP contribution in [-0.4, -0.2) is 23.2 Å². The molecule has 0 spiro atoms. The molecule has 1 saturated heterocycles. The maximum Gasteiger partial charge on any atom is 0.502 e. The van der Waals surface area contributed by atoms with Crippen LogP contribution in [0.25, 0.3) is 0 Å². The summed E-state index contributed by atoms with van der Waals surface area (Å²) in [5.74, 6) is -0.748. The summed E-state index contributed by atoms with van der Waals surface area (Å²) in [6.45, 7) is 7.24. The Morgan fingerprint density at radius 3 is 2.20 bits per heavy atom. The van der Waals surface area contributed by atoms with Gasteiger partial charge in [-0.2, -0.15) is 0 Å². The predicted octanol–water partition coefficient (Wildman–Crippen LogP) is 2.69. The van der Waals surface area contributed by atoms with Crippen LogP contribution < -0.4 is 5.46 Å². The van der Waals surface area contributed by atoms with Gasteiger partial charge in [0.1, 0.15) is 5.82 Å². The summed E-state index contributed by atoms with van der Waals surface area (Å²) < 4.78 is 25.0. The lowest BCUT2D eigenvalue weighted by Gasteiger charge is -2.32. The zero-order chi connectivity index (χ0) is 15.3. The van der Waals surface area contributed by atoms with Crippen LogP contribution in [0, 0.1) is 15.9 Å². The van der Waals surface area contributed by atoms with E-state index in [2.05, 4.69) is 0 Å². The Kier molecular flexibility index (Phi) is 3.56. The van der Waals surface area contributed by atoms with E-state index >= 15 is 0 Å². The quantitative estimate of drug-likeness (QED) is 0.479. The van der Waals surface area contributed by atoms with Gasteiger partial charge >= 0.3 is 7.12 Å². The standard InChI is InChI=1S/C12H14BClFNO4/c1-11(2)12(3,4)20-13(19-11)7-5-9(15)8(14)6-10(7)16(17)18/h5-6H,1-4H3. The van der Waals surface area contributed by atoms with Crippen molar-refractivity contribution in [1.29, 1.82) is 0 Å². The summed E-state index contributed by atoms with van der Waals surface area (Å²) in [5, 5.41) is 10.8. The van der Waals surface area contributed by atoms with Crippen LogP contribution in [0.2, 0.25) is 5.02 Å². The van der Waals surface area contributed by atoms with Crippen molar-refractivity contribution in [2.45, 2.75) is 38.9 Å². The highest BCUT2D eigenvalue weighted by atomic mass is 35.5. The molecular weight excluding hydrogens is 287 g/mol. The van der Waals surface area contributed by atoms with Crippen molar-refractivity contribution in [3.63, 3.8) is 0 Å². The first-order valence-corrected chi connectivity index (χ1v) is 6.42. The fourth-order valence-corrected chi connectivity index (χ4v) is 2.03. The molecule has 0 radical (unpaired) electrons. The topological polar surface area (TPSA) is 61.6 Å². The molecule has 0 aliphatic carbocycles. The summed E-state index contributed by atoms with van der Waals surface area (Å²) in [6.07, 6.45) is 0. The molecule has 1 aliphatic heterocycles. The van der Waals surface area contributed by atoms with E-state index in [-0.39, 0.29) is 16.2 Å². The predicted molar refractivity (Wildman–Crippen MR) is 73.8 cm³/mol. The van der Waals surface area contributed by atoms with Gasteiger partial charge in [0.15, 0.2) is 0 Å². The summed E-state index contributed by atoms with van der Waals surface area (Å²) >= 11 is 5.59. The largest absolute Gasteiger partial charge is 0.502 e. The molecule has 1 aromatic carbocycles. The van der Waals surface area contributed by atoms with Crippen molar-refractivity contribution < 1.29 is 18.6 Å². The maximum absolute atomic E-state index is 13.6. The van der Waals surface area contributed by atoms with E-state index < -0.39 is 29.1 Å². The lowest BCUT2D eigenvalue weighted by atomic mass is 9.78. The average Bonchev–Trinajstić information content (AvgIpc) is 2.51. The van der Waals surface area contributed by atoms with Gasteiger partial charge in [-0.05, 0) is 33.8 Å². The van der Waals surface area contributed by atoms with Crippen LogP contribution in [0.1, 0.15) is 27.7 Å². The minimum absolute atomic E-state index is 0.0237. The first kappa shape index (κ1) is 15.2. The fraction of sp³-hybridized carbons (Fsp3) is 0.500.